The number of nitrogens with one attached hydrogen (secondary N) is 1. The van der Waals surface area contributed by atoms with Crippen LogP contribution in [-0.2, 0) is 4.79 Å². The van der Waals surface area contributed by atoms with Gasteiger partial charge in [-0.05, 0) is 25.8 Å². The van der Waals surface area contributed by atoms with E-state index in [1.165, 1.54) is 0 Å². The maximum Gasteiger partial charge on any atom is 0.405 e. The Kier molecular flexibility index (Phi) is 6.57. The minimum Gasteiger partial charge on any atom is -0.346 e. The second-order valence-electron chi connectivity index (χ2n) is 4.94. The average Bonchev–Trinajstić information content (AvgIpc) is 2.84. The molecule has 7 heteroatoms. The SMILES string of the molecule is NCCCN(CC(=O)NCC(F)(F)F)C1CCCC1. The van der Waals surface area contributed by atoms with Crippen molar-refractivity contribution in [2.45, 2.75) is 44.3 Å². The Morgan fingerprint density at radius 2 is 1.95 bits per heavy atom. The largest absolute Gasteiger partial charge is 0.405 e. The molecule has 1 saturated carbocycles. The van der Waals surface area contributed by atoms with Crippen molar-refractivity contribution in [1.82, 2.24) is 10.2 Å². The molecule has 1 aliphatic rings. The summed E-state index contributed by atoms with van der Waals surface area (Å²) >= 11 is 0. The van der Waals surface area contributed by atoms with E-state index in [0.717, 1.165) is 32.1 Å². The van der Waals surface area contributed by atoms with Gasteiger partial charge in [0.2, 0.25) is 5.91 Å². The molecule has 1 amide bonds. The Balaban J connectivity index is 2.39. The lowest BCUT2D eigenvalue weighted by atomic mass is 10.2. The van der Waals surface area contributed by atoms with E-state index in [1.54, 1.807) is 0 Å². The van der Waals surface area contributed by atoms with Gasteiger partial charge in [-0.3, -0.25) is 9.69 Å². The van der Waals surface area contributed by atoms with Gasteiger partial charge in [-0.15, -0.1) is 0 Å². The first kappa shape index (κ1) is 16.2. The lowest BCUT2D eigenvalue weighted by Crippen LogP contribution is -2.45. The van der Waals surface area contributed by atoms with Gasteiger partial charge in [0.05, 0.1) is 6.54 Å². The molecular formula is C12H22F3N3O. The molecule has 0 saturated heterocycles. The van der Waals surface area contributed by atoms with Crippen LogP contribution in [0.25, 0.3) is 0 Å². The highest BCUT2D eigenvalue weighted by Gasteiger charge is 2.29. The zero-order valence-corrected chi connectivity index (χ0v) is 11.0. The average molecular weight is 281 g/mol. The number of halogens is 3. The van der Waals surface area contributed by atoms with E-state index in [4.69, 9.17) is 5.73 Å². The molecule has 0 atom stereocenters. The molecule has 112 valence electrons. The molecule has 0 aromatic heterocycles. The summed E-state index contributed by atoms with van der Waals surface area (Å²) in [5.41, 5.74) is 5.45. The summed E-state index contributed by atoms with van der Waals surface area (Å²) in [5.74, 6) is -0.568. The minimum atomic E-state index is -4.36. The quantitative estimate of drug-likeness (QED) is 0.738. The molecule has 0 aromatic rings. The predicted molar refractivity (Wildman–Crippen MR) is 66.6 cm³/mol. The summed E-state index contributed by atoms with van der Waals surface area (Å²) in [6, 6.07) is 0.309. The summed E-state index contributed by atoms with van der Waals surface area (Å²) < 4.78 is 36.0. The highest BCUT2D eigenvalue weighted by molar-refractivity contribution is 5.78. The molecule has 4 nitrogen and oxygen atoms in total. The molecule has 0 bridgehead atoms. The third-order valence-corrected chi connectivity index (χ3v) is 3.32. The van der Waals surface area contributed by atoms with E-state index < -0.39 is 18.6 Å². The number of alkyl halides is 3. The fourth-order valence-electron chi connectivity index (χ4n) is 2.39. The van der Waals surface area contributed by atoms with Crippen LogP contribution >= 0.6 is 0 Å². The van der Waals surface area contributed by atoms with Gasteiger partial charge in [-0.2, -0.15) is 13.2 Å². The summed E-state index contributed by atoms with van der Waals surface area (Å²) in [6.45, 7) is -0.0457. The fourth-order valence-corrected chi connectivity index (χ4v) is 2.39. The third-order valence-electron chi connectivity index (χ3n) is 3.32. The first-order valence-electron chi connectivity index (χ1n) is 6.70. The van der Waals surface area contributed by atoms with Crippen molar-refractivity contribution in [2.75, 3.05) is 26.2 Å². The maximum absolute atomic E-state index is 12.0. The van der Waals surface area contributed by atoms with Gasteiger partial charge >= 0.3 is 6.18 Å². The standard InChI is InChI=1S/C12H22F3N3O/c13-12(14,15)9-17-11(19)8-18(7-3-6-16)10-4-1-2-5-10/h10H,1-9,16H2,(H,17,19). The zero-order valence-electron chi connectivity index (χ0n) is 11.0. The van der Waals surface area contributed by atoms with Crippen molar-refractivity contribution in [3.63, 3.8) is 0 Å². The molecule has 0 aromatic carbocycles. The highest BCUT2D eigenvalue weighted by Crippen LogP contribution is 2.23. The van der Waals surface area contributed by atoms with E-state index in [0.29, 0.717) is 19.1 Å². The van der Waals surface area contributed by atoms with Gasteiger partial charge in [0, 0.05) is 12.6 Å². The van der Waals surface area contributed by atoms with Gasteiger partial charge in [0.1, 0.15) is 6.54 Å². The molecule has 1 fully saturated rings. The summed E-state index contributed by atoms with van der Waals surface area (Å²) in [5, 5.41) is 1.92. The van der Waals surface area contributed by atoms with Crippen molar-refractivity contribution in [3.05, 3.63) is 0 Å². The van der Waals surface area contributed by atoms with Crippen LogP contribution in [0.4, 0.5) is 13.2 Å². The number of hydrogen-bond acceptors (Lipinski definition) is 3. The smallest absolute Gasteiger partial charge is 0.346 e. The van der Waals surface area contributed by atoms with Crippen molar-refractivity contribution < 1.29 is 18.0 Å². The Bertz CT molecular complexity index is 278. The second-order valence-corrected chi connectivity index (χ2v) is 4.94. The summed E-state index contributed by atoms with van der Waals surface area (Å²) in [7, 11) is 0. The Labute approximate surface area is 111 Å². The molecule has 0 unspecified atom stereocenters. The van der Waals surface area contributed by atoms with E-state index in [9.17, 15) is 18.0 Å². The van der Waals surface area contributed by atoms with Gasteiger partial charge in [0.15, 0.2) is 0 Å². The van der Waals surface area contributed by atoms with Crippen LogP contribution in [0.2, 0.25) is 0 Å². The third kappa shape index (κ3) is 6.77. The van der Waals surface area contributed by atoms with Crippen LogP contribution in [0.1, 0.15) is 32.1 Å². The van der Waals surface area contributed by atoms with E-state index in [-0.39, 0.29) is 6.54 Å². The number of amides is 1. The van der Waals surface area contributed by atoms with Crippen molar-refractivity contribution in [3.8, 4) is 0 Å². The summed E-state index contributed by atoms with van der Waals surface area (Å²) in [4.78, 5) is 13.5. The number of rotatable bonds is 7. The molecule has 1 aliphatic carbocycles. The Morgan fingerprint density at radius 3 is 2.47 bits per heavy atom. The lowest BCUT2D eigenvalue weighted by molar-refractivity contribution is -0.139. The first-order chi connectivity index (χ1) is 8.92. The van der Waals surface area contributed by atoms with Gasteiger partial charge < -0.3 is 11.1 Å². The van der Waals surface area contributed by atoms with Crippen LogP contribution in [0.5, 0.6) is 0 Å². The fraction of sp³-hybridized carbons (Fsp3) is 0.917. The van der Waals surface area contributed by atoms with Crippen LogP contribution in [0.3, 0.4) is 0 Å². The number of hydrogen-bond donors (Lipinski definition) is 2. The van der Waals surface area contributed by atoms with Crippen LogP contribution in [-0.4, -0.2) is 49.2 Å². The molecule has 19 heavy (non-hydrogen) atoms. The second kappa shape index (κ2) is 7.69. The van der Waals surface area contributed by atoms with Crippen molar-refractivity contribution in [1.29, 1.82) is 0 Å². The van der Waals surface area contributed by atoms with Gasteiger partial charge in [-0.1, -0.05) is 12.8 Å². The Hall–Kier alpha value is -0.820. The van der Waals surface area contributed by atoms with E-state index >= 15 is 0 Å². The summed E-state index contributed by atoms with van der Waals surface area (Å²) in [6.07, 6.45) is 0.657. The first-order valence-corrected chi connectivity index (χ1v) is 6.70. The van der Waals surface area contributed by atoms with Crippen LogP contribution in [0.15, 0.2) is 0 Å². The van der Waals surface area contributed by atoms with Gasteiger partial charge in [-0.25, -0.2) is 0 Å². The molecule has 0 aliphatic heterocycles. The highest BCUT2D eigenvalue weighted by atomic mass is 19.4. The van der Waals surface area contributed by atoms with Gasteiger partial charge in [0.25, 0.3) is 0 Å². The molecule has 1 rings (SSSR count). The predicted octanol–water partition coefficient (Wildman–Crippen LogP) is 1.26. The number of carbonyl (C=O) groups is 1. The molecule has 0 spiro atoms. The molecule has 0 heterocycles. The van der Waals surface area contributed by atoms with E-state index in [1.807, 2.05) is 10.2 Å². The normalized spacial score (nSPS) is 17.1. The van der Waals surface area contributed by atoms with Crippen molar-refractivity contribution >= 4 is 5.91 Å². The van der Waals surface area contributed by atoms with Crippen LogP contribution < -0.4 is 11.1 Å². The number of carbonyl (C=O) groups excluding carboxylic acids is 1. The minimum absolute atomic E-state index is 0.0285. The van der Waals surface area contributed by atoms with Crippen molar-refractivity contribution in [2.24, 2.45) is 5.73 Å². The zero-order chi connectivity index (χ0) is 14.3. The topological polar surface area (TPSA) is 58.4 Å². The van der Waals surface area contributed by atoms with E-state index in [2.05, 4.69) is 0 Å². The molecular weight excluding hydrogens is 259 g/mol. The maximum atomic E-state index is 12.0. The Morgan fingerprint density at radius 1 is 1.32 bits per heavy atom. The molecule has 0 radical (unpaired) electrons. The molecule has 3 N–H and O–H groups in total. The number of nitrogens with two attached hydrogens (primary N) is 1. The number of nitrogens with zero attached hydrogens (tertiary/aromatic N) is 1. The monoisotopic (exact) mass is 281 g/mol. The lowest BCUT2D eigenvalue weighted by Gasteiger charge is -2.28. The van der Waals surface area contributed by atoms with Crippen LogP contribution in [0, 0.1) is 0 Å².